The summed E-state index contributed by atoms with van der Waals surface area (Å²) in [6.07, 6.45) is 1.76. The topological polar surface area (TPSA) is 116 Å². The third-order valence-electron chi connectivity index (χ3n) is 4.37. The lowest BCUT2D eigenvalue weighted by atomic mass is 9.95. The molecule has 2 rings (SSSR count). The van der Waals surface area contributed by atoms with Crippen molar-refractivity contribution in [1.29, 1.82) is 0 Å². The monoisotopic (exact) mass is 370 g/mol. The van der Waals surface area contributed by atoms with Crippen molar-refractivity contribution >= 4 is 11.9 Å². The van der Waals surface area contributed by atoms with E-state index in [0.29, 0.717) is 26.0 Å². The Kier molecular flexibility index (Phi) is 7.82. The van der Waals surface area contributed by atoms with E-state index in [4.69, 9.17) is 21.3 Å². The van der Waals surface area contributed by atoms with Crippen LogP contribution in [0.5, 0.6) is 5.75 Å². The second kappa shape index (κ2) is 10.3. The van der Waals surface area contributed by atoms with E-state index in [0.717, 1.165) is 28.9 Å². The minimum Gasteiger partial charge on any atom is -0.492 e. The first-order valence-electron chi connectivity index (χ1n) is 9.03. The van der Waals surface area contributed by atoms with Gasteiger partial charge in [-0.25, -0.2) is 0 Å². The van der Waals surface area contributed by atoms with E-state index >= 15 is 0 Å². The van der Waals surface area contributed by atoms with Gasteiger partial charge in [0.1, 0.15) is 12.4 Å². The number of carboxylic acids is 1. The van der Waals surface area contributed by atoms with Crippen molar-refractivity contribution < 1.29 is 19.4 Å². The first-order chi connectivity index (χ1) is 13.0. The quantitative estimate of drug-likeness (QED) is 0.562. The van der Waals surface area contributed by atoms with Gasteiger partial charge >= 0.3 is 5.97 Å². The van der Waals surface area contributed by atoms with Crippen LogP contribution in [-0.2, 0) is 16.0 Å². The van der Waals surface area contributed by atoms with Gasteiger partial charge in [-0.1, -0.05) is 36.4 Å². The van der Waals surface area contributed by atoms with E-state index in [-0.39, 0.29) is 6.42 Å². The molecule has 1 amide bonds. The number of carbonyl (C=O) groups is 2. The van der Waals surface area contributed by atoms with Crippen molar-refractivity contribution in [2.75, 3.05) is 13.2 Å². The number of carbonyl (C=O) groups excluding carboxylic acids is 1. The number of aliphatic carboxylic acids is 1. The lowest BCUT2D eigenvalue weighted by Crippen LogP contribution is -2.25. The molecule has 0 saturated carbocycles. The summed E-state index contributed by atoms with van der Waals surface area (Å²) >= 11 is 0. The molecule has 1 unspecified atom stereocenters. The van der Waals surface area contributed by atoms with Crippen molar-refractivity contribution in [2.45, 2.75) is 25.7 Å². The number of benzene rings is 2. The number of ether oxygens (including phenoxy) is 1. The van der Waals surface area contributed by atoms with Gasteiger partial charge in [0.15, 0.2) is 0 Å². The molecule has 27 heavy (non-hydrogen) atoms. The summed E-state index contributed by atoms with van der Waals surface area (Å²) in [5, 5.41) is 8.83. The summed E-state index contributed by atoms with van der Waals surface area (Å²) in [6.45, 7) is 0.983. The molecule has 0 fully saturated rings. The van der Waals surface area contributed by atoms with Crippen LogP contribution in [0, 0.1) is 5.92 Å². The fourth-order valence-electron chi connectivity index (χ4n) is 2.89. The van der Waals surface area contributed by atoms with E-state index in [1.807, 2.05) is 48.5 Å². The zero-order valence-electron chi connectivity index (χ0n) is 15.3. The molecule has 5 N–H and O–H groups in total. The Morgan fingerprint density at radius 1 is 1.00 bits per heavy atom. The molecular formula is C21H26N2O4. The van der Waals surface area contributed by atoms with Crippen LogP contribution in [-0.4, -0.2) is 30.1 Å². The second-order valence-corrected chi connectivity index (χ2v) is 6.45. The molecule has 0 radical (unpaired) electrons. The molecule has 6 nitrogen and oxygen atoms in total. The summed E-state index contributed by atoms with van der Waals surface area (Å²) < 4.78 is 5.47. The maximum atomic E-state index is 11.3. The van der Waals surface area contributed by atoms with Gasteiger partial charge in [-0.15, -0.1) is 0 Å². The molecule has 6 heteroatoms. The molecule has 2 aromatic rings. The number of primary amides is 1. The van der Waals surface area contributed by atoms with Crippen LogP contribution in [0.4, 0.5) is 0 Å². The third kappa shape index (κ3) is 6.75. The summed E-state index contributed by atoms with van der Waals surface area (Å²) in [6, 6.07) is 16.0. The SMILES string of the molecule is NCCOc1ccc(-c2ccc(CCCC(CC(=O)O)C(N)=O)cc2)cc1. The molecule has 0 spiro atoms. The van der Waals surface area contributed by atoms with E-state index in [9.17, 15) is 9.59 Å². The number of carboxylic acid groups (broad SMARTS) is 1. The molecule has 0 heterocycles. The van der Waals surface area contributed by atoms with Crippen molar-refractivity contribution in [3.05, 3.63) is 54.1 Å². The van der Waals surface area contributed by atoms with Crippen molar-refractivity contribution in [3.63, 3.8) is 0 Å². The number of aryl methyl sites for hydroxylation is 1. The highest BCUT2D eigenvalue weighted by Gasteiger charge is 2.18. The molecule has 144 valence electrons. The summed E-state index contributed by atoms with van der Waals surface area (Å²) in [5.41, 5.74) is 14.0. The molecule has 1 atom stereocenters. The van der Waals surface area contributed by atoms with Crippen LogP contribution in [0.1, 0.15) is 24.8 Å². The van der Waals surface area contributed by atoms with E-state index in [2.05, 4.69) is 0 Å². The van der Waals surface area contributed by atoms with Crippen LogP contribution in [0.2, 0.25) is 0 Å². The second-order valence-electron chi connectivity index (χ2n) is 6.45. The minimum atomic E-state index is -0.998. The molecule has 0 bridgehead atoms. The number of hydrogen-bond acceptors (Lipinski definition) is 4. The maximum Gasteiger partial charge on any atom is 0.304 e. The van der Waals surface area contributed by atoms with E-state index < -0.39 is 17.8 Å². The average molecular weight is 370 g/mol. The molecular weight excluding hydrogens is 344 g/mol. The predicted molar refractivity (Wildman–Crippen MR) is 104 cm³/mol. The van der Waals surface area contributed by atoms with Gasteiger partial charge in [0, 0.05) is 12.5 Å². The smallest absolute Gasteiger partial charge is 0.304 e. The number of hydrogen-bond donors (Lipinski definition) is 3. The minimum absolute atomic E-state index is 0.209. The number of nitrogens with two attached hydrogens (primary N) is 2. The molecule has 2 aromatic carbocycles. The Hall–Kier alpha value is -2.86. The maximum absolute atomic E-state index is 11.3. The van der Waals surface area contributed by atoms with Crippen molar-refractivity contribution in [3.8, 4) is 16.9 Å². The first kappa shape index (κ1) is 20.5. The van der Waals surface area contributed by atoms with Gasteiger partial charge in [-0.05, 0) is 48.1 Å². The zero-order chi connectivity index (χ0) is 19.6. The molecule has 0 aliphatic heterocycles. The van der Waals surface area contributed by atoms with E-state index in [1.54, 1.807) is 0 Å². The first-order valence-corrected chi connectivity index (χ1v) is 9.03. The number of amides is 1. The van der Waals surface area contributed by atoms with Crippen LogP contribution in [0.25, 0.3) is 11.1 Å². The summed E-state index contributed by atoms with van der Waals surface area (Å²) in [4.78, 5) is 22.1. The van der Waals surface area contributed by atoms with Crippen LogP contribution < -0.4 is 16.2 Å². The Morgan fingerprint density at radius 2 is 1.59 bits per heavy atom. The van der Waals surface area contributed by atoms with Gasteiger partial charge in [0.2, 0.25) is 5.91 Å². The Morgan fingerprint density at radius 3 is 2.11 bits per heavy atom. The van der Waals surface area contributed by atoms with Crippen LogP contribution in [0.3, 0.4) is 0 Å². The van der Waals surface area contributed by atoms with Crippen LogP contribution in [0.15, 0.2) is 48.5 Å². The molecule has 0 saturated heterocycles. The van der Waals surface area contributed by atoms with Crippen molar-refractivity contribution in [1.82, 2.24) is 0 Å². The molecule has 0 aliphatic carbocycles. The van der Waals surface area contributed by atoms with Gasteiger partial charge in [0.25, 0.3) is 0 Å². The lowest BCUT2D eigenvalue weighted by Gasteiger charge is -2.11. The highest BCUT2D eigenvalue weighted by Crippen LogP contribution is 2.23. The number of rotatable bonds is 11. The van der Waals surface area contributed by atoms with Gasteiger partial charge < -0.3 is 21.3 Å². The summed E-state index contributed by atoms with van der Waals surface area (Å²) in [7, 11) is 0. The normalized spacial score (nSPS) is 11.7. The van der Waals surface area contributed by atoms with Crippen LogP contribution >= 0.6 is 0 Å². The highest BCUT2D eigenvalue weighted by molar-refractivity contribution is 5.81. The zero-order valence-corrected chi connectivity index (χ0v) is 15.3. The average Bonchev–Trinajstić information content (AvgIpc) is 2.66. The lowest BCUT2D eigenvalue weighted by molar-refractivity contribution is -0.140. The largest absolute Gasteiger partial charge is 0.492 e. The molecule has 0 aliphatic rings. The highest BCUT2D eigenvalue weighted by atomic mass is 16.5. The fraction of sp³-hybridized carbons (Fsp3) is 0.333. The Labute approximate surface area is 159 Å². The van der Waals surface area contributed by atoms with E-state index in [1.165, 1.54) is 0 Å². The van der Waals surface area contributed by atoms with Gasteiger partial charge in [-0.3, -0.25) is 9.59 Å². The Balaban J connectivity index is 1.89. The van der Waals surface area contributed by atoms with Gasteiger partial charge in [0.05, 0.1) is 6.42 Å². The van der Waals surface area contributed by atoms with Crippen molar-refractivity contribution in [2.24, 2.45) is 17.4 Å². The van der Waals surface area contributed by atoms with Gasteiger partial charge in [-0.2, -0.15) is 0 Å². The third-order valence-corrected chi connectivity index (χ3v) is 4.37. The summed E-state index contributed by atoms with van der Waals surface area (Å²) in [5.74, 6) is -1.36. The standard InChI is InChI=1S/C21H26N2O4/c22-12-13-27-19-10-8-17(9-11-19)16-6-4-15(5-7-16)2-1-3-18(21(23)26)14-20(24)25/h4-11,18H,1-3,12-14,22H2,(H2,23,26)(H,24,25). The molecule has 0 aromatic heterocycles. The fourth-order valence-corrected chi connectivity index (χ4v) is 2.89. The Bertz CT molecular complexity index is 742. The predicted octanol–water partition coefficient (Wildman–Crippen LogP) is 2.59.